The Morgan fingerprint density at radius 2 is 1.76 bits per heavy atom. The molecule has 1 aliphatic heterocycles. The molecule has 21 heavy (non-hydrogen) atoms. The van der Waals surface area contributed by atoms with Crippen LogP contribution >= 0.6 is 0 Å². The molecule has 0 saturated carbocycles. The van der Waals surface area contributed by atoms with Gasteiger partial charge in [0.15, 0.2) is 12.4 Å². The molecule has 0 aromatic rings. The summed E-state index contributed by atoms with van der Waals surface area (Å²) >= 11 is 0. The normalized spacial score (nSPS) is 32.5. The zero-order chi connectivity index (χ0) is 16.0. The second-order valence-electron chi connectivity index (χ2n) is 4.73. The zero-order valence-electron chi connectivity index (χ0n) is 13.0. The van der Waals surface area contributed by atoms with E-state index in [4.69, 9.17) is 23.7 Å². The highest BCUT2D eigenvalue weighted by Gasteiger charge is 2.49. The van der Waals surface area contributed by atoms with Gasteiger partial charge in [0.25, 0.3) is 0 Å². The Morgan fingerprint density at radius 1 is 1.10 bits per heavy atom. The summed E-state index contributed by atoms with van der Waals surface area (Å²) in [4.78, 5) is 22.7. The summed E-state index contributed by atoms with van der Waals surface area (Å²) in [5, 5.41) is 2.68. The smallest absolute Gasteiger partial charge is 0.303 e. The minimum atomic E-state index is -0.773. The first-order chi connectivity index (χ1) is 9.94. The van der Waals surface area contributed by atoms with E-state index in [-0.39, 0.29) is 12.5 Å². The lowest BCUT2D eigenvalue weighted by Gasteiger charge is -2.44. The van der Waals surface area contributed by atoms with Crippen molar-refractivity contribution >= 4 is 11.9 Å². The van der Waals surface area contributed by atoms with Crippen molar-refractivity contribution in [2.45, 2.75) is 44.5 Å². The second-order valence-corrected chi connectivity index (χ2v) is 4.73. The van der Waals surface area contributed by atoms with Crippen LogP contribution in [-0.4, -0.2) is 70.5 Å². The van der Waals surface area contributed by atoms with Crippen molar-refractivity contribution in [2.24, 2.45) is 0 Å². The van der Waals surface area contributed by atoms with Gasteiger partial charge in [-0.3, -0.25) is 9.59 Å². The lowest BCUT2D eigenvalue weighted by atomic mass is 9.96. The van der Waals surface area contributed by atoms with Gasteiger partial charge in [-0.2, -0.15) is 0 Å². The third-order valence-corrected chi connectivity index (χ3v) is 3.15. The van der Waals surface area contributed by atoms with Crippen LogP contribution in [0.5, 0.6) is 0 Å². The summed E-state index contributed by atoms with van der Waals surface area (Å²) in [5.41, 5.74) is 0. The first kappa shape index (κ1) is 17.8. The molecule has 0 aliphatic carbocycles. The Morgan fingerprint density at radius 3 is 2.19 bits per heavy atom. The van der Waals surface area contributed by atoms with Crippen molar-refractivity contribution in [2.75, 3.05) is 27.9 Å². The fourth-order valence-electron chi connectivity index (χ4n) is 2.41. The molecule has 0 spiro atoms. The van der Waals surface area contributed by atoms with Gasteiger partial charge in [-0.25, -0.2) is 0 Å². The molecule has 0 bridgehead atoms. The molecule has 8 heteroatoms. The third kappa shape index (κ3) is 4.63. The number of ether oxygens (including phenoxy) is 5. The zero-order valence-corrected chi connectivity index (χ0v) is 13.0. The van der Waals surface area contributed by atoms with Crippen LogP contribution < -0.4 is 5.32 Å². The van der Waals surface area contributed by atoms with Crippen LogP contribution in [0.15, 0.2) is 0 Å². The van der Waals surface area contributed by atoms with Gasteiger partial charge in [-0.1, -0.05) is 0 Å². The average Bonchev–Trinajstić information content (AvgIpc) is 2.40. The quantitative estimate of drug-likeness (QED) is 0.659. The highest BCUT2D eigenvalue weighted by atomic mass is 16.7. The molecule has 0 aromatic heterocycles. The van der Waals surface area contributed by atoms with Crippen molar-refractivity contribution in [3.8, 4) is 0 Å². The molecule has 1 fully saturated rings. The van der Waals surface area contributed by atoms with Crippen LogP contribution in [0.1, 0.15) is 13.8 Å². The van der Waals surface area contributed by atoms with Gasteiger partial charge in [0.05, 0.1) is 6.61 Å². The number of carbonyl (C=O) groups is 2. The van der Waals surface area contributed by atoms with Gasteiger partial charge in [-0.15, -0.1) is 0 Å². The van der Waals surface area contributed by atoms with E-state index < -0.39 is 36.6 Å². The highest BCUT2D eigenvalue weighted by molar-refractivity contribution is 5.73. The molecule has 1 aliphatic rings. The van der Waals surface area contributed by atoms with Crippen LogP contribution in [0.3, 0.4) is 0 Å². The predicted octanol–water partition coefficient (Wildman–Crippen LogP) is -0.544. The molecular weight excluding hydrogens is 282 g/mol. The lowest BCUT2D eigenvalue weighted by molar-refractivity contribution is -0.271. The van der Waals surface area contributed by atoms with E-state index >= 15 is 0 Å². The van der Waals surface area contributed by atoms with Crippen LogP contribution in [0, 0.1) is 0 Å². The monoisotopic (exact) mass is 305 g/mol. The van der Waals surface area contributed by atoms with Crippen LogP contribution in [-0.2, 0) is 33.3 Å². The van der Waals surface area contributed by atoms with Crippen molar-refractivity contribution in [1.82, 2.24) is 5.32 Å². The molecule has 5 atom stereocenters. The second kappa shape index (κ2) is 8.28. The minimum absolute atomic E-state index is 0.239. The SMILES string of the molecule is COCC1OC(OC)C(NC(C)=O)C(OC(C)=O)C1OC. The minimum Gasteiger partial charge on any atom is -0.457 e. The van der Waals surface area contributed by atoms with Crippen molar-refractivity contribution < 1.29 is 33.3 Å². The van der Waals surface area contributed by atoms with Gasteiger partial charge in [-0.05, 0) is 0 Å². The number of methoxy groups -OCH3 is 3. The summed E-state index contributed by atoms with van der Waals surface area (Å²) in [6.07, 6.45) is -2.59. The van der Waals surface area contributed by atoms with E-state index in [9.17, 15) is 9.59 Å². The molecule has 5 unspecified atom stereocenters. The summed E-state index contributed by atoms with van der Waals surface area (Å²) in [6, 6.07) is -0.672. The fraction of sp³-hybridized carbons (Fsp3) is 0.846. The number of rotatable bonds is 6. The molecular formula is C13H23NO7. The number of hydrogen-bond acceptors (Lipinski definition) is 7. The number of amides is 1. The number of esters is 1. The summed E-state index contributed by atoms with van der Waals surface area (Å²) < 4.78 is 26.8. The highest BCUT2D eigenvalue weighted by Crippen LogP contribution is 2.26. The van der Waals surface area contributed by atoms with Gasteiger partial charge in [0.2, 0.25) is 5.91 Å². The van der Waals surface area contributed by atoms with Gasteiger partial charge >= 0.3 is 5.97 Å². The van der Waals surface area contributed by atoms with Crippen LogP contribution in [0.25, 0.3) is 0 Å². The van der Waals surface area contributed by atoms with E-state index in [1.54, 1.807) is 0 Å². The number of nitrogens with one attached hydrogen (secondary N) is 1. The van der Waals surface area contributed by atoms with E-state index in [0.29, 0.717) is 0 Å². The molecule has 1 rings (SSSR count). The van der Waals surface area contributed by atoms with Crippen LogP contribution in [0.2, 0.25) is 0 Å². The summed E-state index contributed by atoms with van der Waals surface area (Å²) in [6.45, 7) is 2.89. The number of hydrogen-bond donors (Lipinski definition) is 1. The lowest BCUT2D eigenvalue weighted by Crippen LogP contribution is -2.66. The molecule has 1 heterocycles. The Kier molecular flexibility index (Phi) is 7.03. The molecule has 1 saturated heterocycles. The van der Waals surface area contributed by atoms with Crippen molar-refractivity contribution in [1.29, 1.82) is 0 Å². The van der Waals surface area contributed by atoms with Gasteiger partial charge in [0.1, 0.15) is 18.2 Å². The van der Waals surface area contributed by atoms with Gasteiger partial charge < -0.3 is 29.0 Å². The molecule has 1 amide bonds. The maximum absolute atomic E-state index is 11.4. The maximum Gasteiger partial charge on any atom is 0.303 e. The molecule has 8 nitrogen and oxygen atoms in total. The maximum atomic E-state index is 11.4. The van der Waals surface area contributed by atoms with E-state index in [1.807, 2.05) is 0 Å². The predicted molar refractivity (Wildman–Crippen MR) is 71.5 cm³/mol. The Bertz CT molecular complexity index is 362. The first-order valence-corrected chi connectivity index (χ1v) is 6.58. The van der Waals surface area contributed by atoms with E-state index in [1.165, 1.54) is 35.2 Å². The van der Waals surface area contributed by atoms with E-state index in [0.717, 1.165) is 0 Å². The first-order valence-electron chi connectivity index (χ1n) is 6.58. The standard InChI is InChI=1S/C13H23NO7/c1-7(15)14-10-12(20-8(2)16)11(18-4)9(6-17-3)21-13(10)19-5/h9-13H,6H2,1-5H3,(H,14,15). The Labute approximate surface area is 124 Å². The topological polar surface area (TPSA) is 92.3 Å². The fourth-order valence-corrected chi connectivity index (χ4v) is 2.41. The molecule has 122 valence electrons. The largest absolute Gasteiger partial charge is 0.457 e. The van der Waals surface area contributed by atoms with Crippen molar-refractivity contribution in [3.63, 3.8) is 0 Å². The Balaban J connectivity index is 3.05. The third-order valence-electron chi connectivity index (χ3n) is 3.15. The van der Waals surface area contributed by atoms with E-state index in [2.05, 4.69) is 5.32 Å². The molecule has 0 radical (unpaired) electrons. The van der Waals surface area contributed by atoms with Crippen LogP contribution in [0.4, 0.5) is 0 Å². The Hall–Kier alpha value is -1.22. The summed E-state index contributed by atoms with van der Waals surface area (Å²) in [7, 11) is 4.45. The van der Waals surface area contributed by atoms with Crippen molar-refractivity contribution in [3.05, 3.63) is 0 Å². The van der Waals surface area contributed by atoms with Gasteiger partial charge in [0, 0.05) is 35.2 Å². The summed E-state index contributed by atoms with van der Waals surface area (Å²) in [5.74, 6) is -0.770. The molecule has 1 N–H and O–H groups in total. The number of carbonyl (C=O) groups excluding carboxylic acids is 2. The molecule has 0 aromatic carbocycles. The average molecular weight is 305 g/mol.